The largest absolute Gasteiger partial charge is 0.493 e. The molecule has 1 aromatic carbocycles. The van der Waals surface area contributed by atoms with E-state index in [1.54, 1.807) is 32.4 Å². The minimum atomic E-state index is -0.483. The fourth-order valence-corrected chi connectivity index (χ4v) is 1.59. The molecule has 0 saturated heterocycles. The number of rotatable bonds is 6. The van der Waals surface area contributed by atoms with Crippen LogP contribution in [0, 0.1) is 0 Å². The Hall–Kier alpha value is -1.75. The lowest BCUT2D eigenvalue weighted by atomic mass is 10.1. The summed E-state index contributed by atoms with van der Waals surface area (Å²) in [5, 5.41) is 2.75. The van der Waals surface area contributed by atoms with Crippen molar-refractivity contribution in [2.45, 2.75) is 25.8 Å². The normalized spacial score (nSPS) is 11.8. The summed E-state index contributed by atoms with van der Waals surface area (Å²) in [5.74, 6) is 0.997. The zero-order chi connectivity index (χ0) is 13.5. The monoisotopic (exact) mass is 252 g/mol. The molecule has 18 heavy (non-hydrogen) atoms. The molecule has 5 nitrogen and oxygen atoms in total. The van der Waals surface area contributed by atoms with Gasteiger partial charge in [0.1, 0.15) is 0 Å². The number of methoxy groups -OCH3 is 2. The van der Waals surface area contributed by atoms with Crippen molar-refractivity contribution >= 4 is 11.6 Å². The van der Waals surface area contributed by atoms with Gasteiger partial charge in [0.2, 0.25) is 5.91 Å². The number of nitrogens with one attached hydrogen (secondary N) is 1. The first kappa shape index (κ1) is 14.3. The second-order valence-electron chi connectivity index (χ2n) is 3.95. The number of amides is 1. The van der Waals surface area contributed by atoms with Crippen molar-refractivity contribution in [3.05, 3.63) is 18.2 Å². The number of nitrogens with two attached hydrogens (primary N) is 1. The maximum absolute atomic E-state index is 11.7. The molecule has 0 aliphatic rings. The third-order valence-corrected chi connectivity index (χ3v) is 2.59. The van der Waals surface area contributed by atoms with Gasteiger partial charge in [0.15, 0.2) is 11.5 Å². The van der Waals surface area contributed by atoms with Gasteiger partial charge in [0.25, 0.3) is 0 Å². The quantitative estimate of drug-likeness (QED) is 0.809. The molecule has 0 fully saturated rings. The van der Waals surface area contributed by atoms with Gasteiger partial charge in [-0.1, -0.05) is 13.3 Å². The van der Waals surface area contributed by atoms with Gasteiger partial charge in [-0.3, -0.25) is 4.79 Å². The van der Waals surface area contributed by atoms with E-state index in [0.29, 0.717) is 23.6 Å². The predicted molar refractivity (Wildman–Crippen MR) is 71.1 cm³/mol. The summed E-state index contributed by atoms with van der Waals surface area (Å²) in [6, 6.07) is 4.70. The average Bonchev–Trinajstić information content (AvgIpc) is 2.38. The van der Waals surface area contributed by atoms with E-state index in [1.165, 1.54) is 0 Å². The van der Waals surface area contributed by atoms with Gasteiger partial charge >= 0.3 is 0 Å². The van der Waals surface area contributed by atoms with Gasteiger partial charge in [0, 0.05) is 11.8 Å². The van der Waals surface area contributed by atoms with Crippen molar-refractivity contribution in [1.82, 2.24) is 0 Å². The molecular formula is C13H20N2O3. The number of carbonyl (C=O) groups excluding carboxylic acids is 1. The SMILES string of the molecule is CCC[C@H](N)C(=O)Nc1ccc(OC)c(OC)c1. The highest BCUT2D eigenvalue weighted by Crippen LogP contribution is 2.29. The lowest BCUT2D eigenvalue weighted by molar-refractivity contribution is -0.117. The predicted octanol–water partition coefficient (Wildman–Crippen LogP) is 1.77. The molecule has 5 heteroatoms. The van der Waals surface area contributed by atoms with Crippen LogP contribution in [0.1, 0.15) is 19.8 Å². The van der Waals surface area contributed by atoms with Crippen LogP contribution in [0.3, 0.4) is 0 Å². The van der Waals surface area contributed by atoms with Crippen LogP contribution in [0.5, 0.6) is 11.5 Å². The molecule has 0 heterocycles. The van der Waals surface area contributed by atoms with Crippen molar-refractivity contribution < 1.29 is 14.3 Å². The van der Waals surface area contributed by atoms with E-state index < -0.39 is 6.04 Å². The zero-order valence-corrected chi connectivity index (χ0v) is 11.0. The van der Waals surface area contributed by atoms with Crippen molar-refractivity contribution in [1.29, 1.82) is 0 Å². The Morgan fingerprint density at radius 2 is 2.00 bits per heavy atom. The molecule has 0 unspecified atom stereocenters. The summed E-state index contributed by atoms with van der Waals surface area (Å²) in [5.41, 5.74) is 6.38. The molecule has 0 aromatic heterocycles. The van der Waals surface area contributed by atoms with Crippen LogP contribution in [0.4, 0.5) is 5.69 Å². The molecule has 1 aromatic rings. The van der Waals surface area contributed by atoms with Crippen molar-refractivity contribution in [2.75, 3.05) is 19.5 Å². The number of carbonyl (C=O) groups is 1. The van der Waals surface area contributed by atoms with Crippen LogP contribution < -0.4 is 20.5 Å². The van der Waals surface area contributed by atoms with Crippen LogP contribution in [-0.4, -0.2) is 26.2 Å². The molecule has 0 saturated carbocycles. The molecule has 100 valence electrons. The van der Waals surface area contributed by atoms with Crippen LogP contribution in [0.15, 0.2) is 18.2 Å². The second kappa shape index (κ2) is 6.86. The standard InChI is InChI=1S/C13H20N2O3/c1-4-5-10(14)13(16)15-9-6-7-11(17-2)12(8-9)18-3/h6-8,10H,4-5,14H2,1-3H3,(H,15,16)/t10-/m0/s1. The molecule has 0 aliphatic heterocycles. The maximum Gasteiger partial charge on any atom is 0.241 e. The fourth-order valence-electron chi connectivity index (χ4n) is 1.59. The number of anilines is 1. The average molecular weight is 252 g/mol. The maximum atomic E-state index is 11.7. The van der Waals surface area contributed by atoms with Gasteiger partial charge in [-0.2, -0.15) is 0 Å². The number of hydrogen-bond acceptors (Lipinski definition) is 4. The smallest absolute Gasteiger partial charge is 0.241 e. The van der Waals surface area contributed by atoms with E-state index in [4.69, 9.17) is 15.2 Å². The first-order valence-electron chi connectivity index (χ1n) is 5.90. The number of ether oxygens (including phenoxy) is 2. The van der Waals surface area contributed by atoms with Gasteiger partial charge in [-0.05, 0) is 18.6 Å². The minimum Gasteiger partial charge on any atom is -0.493 e. The fraction of sp³-hybridized carbons (Fsp3) is 0.462. The summed E-state index contributed by atoms with van der Waals surface area (Å²) in [6.45, 7) is 1.99. The van der Waals surface area contributed by atoms with E-state index in [1.807, 2.05) is 6.92 Å². The van der Waals surface area contributed by atoms with Crippen LogP contribution >= 0.6 is 0 Å². The van der Waals surface area contributed by atoms with Gasteiger partial charge in [-0.15, -0.1) is 0 Å². The van der Waals surface area contributed by atoms with Gasteiger partial charge in [-0.25, -0.2) is 0 Å². The molecule has 0 bridgehead atoms. The van der Waals surface area contributed by atoms with E-state index in [0.717, 1.165) is 6.42 Å². The van der Waals surface area contributed by atoms with Gasteiger partial charge in [0.05, 0.1) is 20.3 Å². The van der Waals surface area contributed by atoms with Crippen LogP contribution in [-0.2, 0) is 4.79 Å². The molecule has 0 spiro atoms. The molecule has 1 atom stereocenters. The third-order valence-electron chi connectivity index (χ3n) is 2.59. The highest BCUT2D eigenvalue weighted by molar-refractivity contribution is 5.94. The second-order valence-corrected chi connectivity index (χ2v) is 3.95. The Bertz CT molecular complexity index is 407. The topological polar surface area (TPSA) is 73.6 Å². The van der Waals surface area contributed by atoms with E-state index in [2.05, 4.69) is 5.32 Å². The Morgan fingerprint density at radius 1 is 1.33 bits per heavy atom. The highest BCUT2D eigenvalue weighted by Gasteiger charge is 2.13. The lowest BCUT2D eigenvalue weighted by Crippen LogP contribution is -2.35. The summed E-state index contributed by atoms with van der Waals surface area (Å²) in [7, 11) is 3.11. The Balaban J connectivity index is 2.76. The minimum absolute atomic E-state index is 0.191. The van der Waals surface area contributed by atoms with E-state index in [-0.39, 0.29) is 5.91 Å². The zero-order valence-electron chi connectivity index (χ0n) is 11.0. The molecule has 0 aliphatic carbocycles. The molecule has 1 rings (SSSR count). The lowest BCUT2D eigenvalue weighted by Gasteiger charge is -2.13. The first-order chi connectivity index (χ1) is 8.62. The summed E-state index contributed by atoms with van der Waals surface area (Å²) in [6.07, 6.45) is 1.54. The molecule has 3 N–H and O–H groups in total. The summed E-state index contributed by atoms with van der Waals surface area (Å²) >= 11 is 0. The van der Waals surface area contributed by atoms with Crippen molar-refractivity contribution in [3.63, 3.8) is 0 Å². The highest BCUT2D eigenvalue weighted by atomic mass is 16.5. The van der Waals surface area contributed by atoms with Crippen molar-refractivity contribution in [3.8, 4) is 11.5 Å². The first-order valence-corrected chi connectivity index (χ1v) is 5.90. The molecule has 1 amide bonds. The Labute approximate surface area is 107 Å². The number of hydrogen-bond donors (Lipinski definition) is 2. The summed E-state index contributed by atoms with van der Waals surface area (Å²) in [4.78, 5) is 11.7. The molecule has 0 radical (unpaired) electrons. The summed E-state index contributed by atoms with van der Waals surface area (Å²) < 4.78 is 10.3. The van der Waals surface area contributed by atoms with Crippen LogP contribution in [0.25, 0.3) is 0 Å². The van der Waals surface area contributed by atoms with Crippen molar-refractivity contribution in [2.24, 2.45) is 5.73 Å². The Kier molecular flexibility index (Phi) is 5.45. The van der Waals surface area contributed by atoms with E-state index in [9.17, 15) is 4.79 Å². The van der Waals surface area contributed by atoms with E-state index >= 15 is 0 Å². The third kappa shape index (κ3) is 3.63. The molecular weight excluding hydrogens is 232 g/mol. The van der Waals surface area contributed by atoms with Crippen LogP contribution in [0.2, 0.25) is 0 Å². The Morgan fingerprint density at radius 3 is 2.56 bits per heavy atom. The van der Waals surface area contributed by atoms with Gasteiger partial charge < -0.3 is 20.5 Å². The number of benzene rings is 1.